The first kappa shape index (κ1) is 28.2. The lowest BCUT2D eigenvalue weighted by Crippen LogP contribution is -2.49. The molecule has 0 saturated heterocycles. The van der Waals surface area contributed by atoms with Gasteiger partial charge in [-0.05, 0) is 30.5 Å². The van der Waals surface area contributed by atoms with Gasteiger partial charge >= 0.3 is 6.18 Å². The Hall–Kier alpha value is -3.00. The quantitative estimate of drug-likeness (QED) is 0.301. The number of aromatic nitrogens is 1. The predicted octanol–water partition coefficient (Wildman–Crippen LogP) is 3.48. The van der Waals surface area contributed by atoms with E-state index in [4.69, 9.17) is 12.2 Å². The van der Waals surface area contributed by atoms with E-state index in [9.17, 15) is 36.3 Å². The molecule has 0 aliphatic rings. The number of likely N-dealkylation sites (N-methyl/N-ethyl adjacent to an activating group) is 1. The van der Waals surface area contributed by atoms with Crippen LogP contribution < -0.4 is 16.0 Å². The van der Waals surface area contributed by atoms with Crippen LogP contribution in [-0.2, 0) is 16.3 Å². The Morgan fingerprint density at radius 3 is 2.57 bits per heavy atom. The number of ketones is 1. The summed E-state index contributed by atoms with van der Waals surface area (Å²) >= 11 is 5.66. The van der Waals surface area contributed by atoms with Gasteiger partial charge in [0, 0.05) is 19.0 Å². The monoisotopic (exact) mass is 536 g/mol. The summed E-state index contributed by atoms with van der Waals surface area (Å²) in [4.78, 5) is 40.7. The van der Waals surface area contributed by atoms with Gasteiger partial charge < -0.3 is 16.0 Å². The Morgan fingerprint density at radius 1 is 1.23 bits per heavy atom. The first-order valence-corrected chi connectivity index (χ1v) is 11.4. The van der Waals surface area contributed by atoms with Crippen molar-refractivity contribution >= 4 is 46.1 Å². The third-order valence-electron chi connectivity index (χ3n) is 4.64. The molecule has 0 radical (unpaired) electrons. The van der Waals surface area contributed by atoms with E-state index in [0.717, 1.165) is 23.5 Å². The number of rotatable bonds is 11. The average molecular weight is 537 g/mol. The average Bonchev–Trinajstić information content (AvgIpc) is 3.30. The highest BCUT2D eigenvalue weighted by molar-refractivity contribution is 7.82. The number of hydrogen-bond donors (Lipinski definition) is 3. The fourth-order valence-corrected chi connectivity index (χ4v) is 3.94. The van der Waals surface area contributed by atoms with Crippen molar-refractivity contribution in [3.8, 4) is 10.6 Å². The lowest BCUT2D eigenvalue weighted by Gasteiger charge is -2.18. The molecule has 190 valence electrons. The first-order valence-electron chi connectivity index (χ1n) is 10.2. The standard InChI is InChI=1S/C21H21F5N4O3S2/c1-27-19(34)17(32)14(3-2-6-21(24,25)26)30-16(31)10-28-18(33)15-9-29-20(35-15)13-7-12(23)5-4-11(13)8-22/h4-5,7,9,14H,2-3,6,8,10H2,1H3,(H,27,34)(H,28,33)(H,30,31). The van der Waals surface area contributed by atoms with Gasteiger partial charge in [-0.3, -0.25) is 14.4 Å². The Balaban J connectivity index is 2.00. The summed E-state index contributed by atoms with van der Waals surface area (Å²) in [5, 5.41) is 7.19. The molecule has 1 aromatic carbocycles. The number of carbonyl (C=O) groups excluding carboxylic acids is 3. The van der Waals surface area contributed by atoms with Gasteiger partial charge in [-0.25, -0.2) is 13.8 Å². The third-order valence-corrected chi connectivity index (χ3v) is 6.08. The number of benzene rings is 1. The minimum atomic E-state index is -4.42. The predicted molar refractivity (Wildman–Crippen MR) is 123 cm³/mol. The number of thiocarbonyl (C=S) groups is 1. The molecule has 0 fully saturated rings. The maximum atomic E-state index is 13.6. The van der Waals surface area contributed by atoms with Crippen LogP contribution in [0.1, 0.15) is 34.5 Å². The zero-order valence-electron chi connectivity index (χ0n) is 18.3. The molecule has 1 unspecified atom stereocenters. The molecule has 0 spiro atoms. The second kappa shape index (κ2) is 12.6. The van der Waals surface area contributed by atoms with E-state index < -0.39 is 61.7 Å². The van der Waals surface area contributed by atoms with Gasteiger partial charge in [0.1, 0.15) is 27.4 Å². The highest BCUT2D eigenvalue weighted by Crippen LogP contribution is 2.29. The summed E-state index contributed by atoms with van der Waals surface area (Å²) in [5.74, 6) is -2.90. The molecule has 0 bridgehead atoms. The van der Waals surface area contributed by atoms with E-state index in [-0.39, 0.29) is 32.4 Å². The second-order valence-corrected chi connectivity index (χ2v) is 8.66. The Morgan fingerprint density at radius 2 is 1.94 bits per heavy atom. The summed E-state index contributed by atoms with van der Waals surface area (Å²) in [5.41, 5.74) is 0.378. The van der Waals surface area contributed by atoms with Crippen LogP contribution >= 0.6 is 23.6 Å². The maximum absolute atomic E-state index is 13.6. The van der Waals surface area contributed by atoms with Crippen LogP contribution in [0, 0.1) is 5.82 Å². The summed E-state index contributed by atoms with van der Waals surface area (Å²) in [6.45, 7) is -1.45. The normalized spacial score (nSPS) is 12.1. The number of thiazole rings is 1. The summed E-state index contributed by atoms with van der Waals surface area (Å²) in [6, 6.07) is 2.16. The smallest absolute Gasteiger partial charge is 0.376 e. The molecular formula is C21H21F5N4O3S2. The molecule has 2 rings (SSSR count). The van der Waals surface area contributed by atoms with E-state index in [1.165, 1.54) is 19.3 Å². The Bertz CT molecular complexity index is 1090. The van der Waals surface area contributed by atoms with E-state index >= 15 is 0 Å². The second-order valence-electron chi connectivity index (χ2n) is 7.22. The Labute approximate surface area is 206 Å². The highest BCUT2D eigenvalue weighted by atomic mass is 32.1. The third kappa shape index (κ3) is 8.62. The van der Waals surface area contributed by atoms with E-state index in [1.54, 1.807) is 0 Å². The van der Waals surface area contributed by atoms with Crippen molar-refractivity contribution in [2.24, 2.45) is 0 Å². The van der Waals surface area contributed by atoms with Gasteiger partial charge in [0.05, 0.1) is 18.8 Å². The van der Waals surface area contributed by atoms with Crippen LogP contribution in [0.4, 0.5) is 22.0 Å². The first-order chi connectivity index (χ1) is 16.4. The van der Waals surface area contributed by atoms with Crippen molar-refractivity contribution in [2.75, 3.05) is 13.6 Å². The van der Waals surface area contributed by atoms with E-state index in [1.807, 2.05) is 0 Å². The number of nitrogens with one attached hydrogen (secondary N) is 3. The number of hydrogen-bond acceptors (Lipinski definition) is 6. The molecule has 35 heavy (non-hydrogen) atoms. The van der Waals surface area contributed by atoms with Crippen LogP contribution in [0.3, 0.4) is 0 Å². The molecule has 1 heterocycles. The molecular weight excluding hydrogens is 515 g/mol. The molecule has 1 atom stereocenters. The van der Waals surface area contributed by atoms with Crippen molar-refractivity contribution in [1.82, 2.24) is 20.9 Å². The zero-order chi connectivity index (χ0) is 26.2. The van der Waals surface area contributed by atoms with E-state index in [2.05, 4.69) is 20.9 Å². The molecule has 0 aliphatic heterocycles. The van der Waals surface area contributed by atoms with Crippen LogP contribution in [0.2, 0.25) is 0 Å². The van der Waals surface area contributed by atoms with Gasteiger partial charge in [0.2, 0.25) is 11.7 Å². The molecule has 7 nitrogen and oxygen atoms in total. The van der Waals surface area contributed by atoms with Crippen molar-refractivity contribution < 1.29 is 36.3 Å². The summed E-state index contributed by atoms with van der Waals surface area (Å²) < 4.78 is 64.1. The lowest BCUT2D eigenvalue weighted by atomic mass is 10.0. The maximum Gasteiger partial charge on any atom is 0.389 e. The number of Topliss-reactive ketones (excluding diaryl/α,β-unsaturated/α-hetero) is 1. The van der Waals surface area contributed by atoms with Gasteiger partial charge in [-0.1, -0.05) is 18.3 Å². The molecule has 0 aliphatic carbocycles. The van der Waals surface area contributed by atoms with Gasteiger partial charge in [0.25, 0.3) is 5.91 Å². The number of carbonyl (C=O) groups is 3. The molecule has 2 amide bonds. The van der Waals surface area contributed by atoms with Crippen molar-refractivity contribution in [2.45, 2.75) is 38.2 Å². The van der Waals surface area contributed by atoms with Crippen LogP contribution in [0.15, 0.2) is 24.4 Å². The lowest BCUT2D eigenvalue weighted by molar-refractivity contribution is -0.136. The fourth-order valence-electron chi connectivity index (χ4n) is 2.92. The Kier molecular flexibility index (Phi) is 10.2. The van der Waals surface area contributed by atoms with Crippen LogP contribution in [0.25, 0.3) is 10.6 Å². The minimum Gasteiger partial charge on any atom is -0.376 e. The van der Waals surface area contributed by atoms with Crippen molar-refractivity contribution in [3.63, 3.8) is 0 Å². The van der Waals surface area contributed by atoms with Gasteiger partial charge in [-0.15, -0.1) is 11.3 Å². The number of nitrogens with zero attached hydrogens (tertiary/aromatic N) is 1. The number of halogens is 5. The van der Waals surface area contributed by atoms with Crippen LogP contribution in [-0.4, -0.2) is 53.4 Å². The summed E-state index contributed by atoms with van der Waals surface area (Å²) in [7, 11) is 1.36. The zero-order valence-corrected chi connectivity index (χ0v) is 19.9. The largest absolute Gasteiger partial charge is 0.389 e. The van der Waals surface area contributed by atoms with Crippen molar-refractivity contribution in [1.29, 1.82) is 0 Å². The van der Waals surface area contributed by atoms with Gasteiger partial charge in [0.15, 0.2) is 0 Å². The number of alkyl halides is 4. The van der Waals surface area contributed by atoms with Crippen LogP contribution in [0.5, 0.6) is 0 Å². The highest BCUT2D eigenvalue weighted by Gasteiger charge is 2.29. The minimum absolute atomic E-state index is 0.0519. The van der Waals surface area contributed by atoms with E-state index in [0.29, 0.717) is 0 Å². The fraction of sp³-hybridized carbons (Fsp3) is 0.381. The van der Waals surface area contributed by atoms with Gasteiger partial charge in [-0.2, -0.15) is 13.2 Å². The number of amides is 2. The summed E-state index contributed by atoms with van der Waals surface area (Å²) in [6.07, 6.45) is -5.10. The molecule has 1 aromatic heterocycles. The molecule has 14 heteroatoms. The molecule has 0 saturated carbocycles. The topological polar surface area (TPSA) is 100 Å². The molecule has 2 aromatic rings. The SMILES string of the molecule is CNC(=S)C(=O)C(CCCC(F)(F)F)NC(=O)CNC(=O)c1cnc(-c2cc(F)ccc2CF)s1. The van der Waals surface area contributed by atoms with Crippen molar-refractivity contribution in [3.05, 3.63) is 40.7 Å². The molecule has 3 N–H and O–H groups in total.